The monoisotopic (exact) mass is 380 g/mol. The highest BCUT2D eigenvalue weighted by atomic mass is 16.3. The van der Waals surface area contributed by atoms with Gasteiger partial charge in [-0.3, -0.25) is 4.79 Å². The van der Waals surface area contributed by atoms with Gasteiger partial charge in [-0.2, -0.15) is 0 Å². The molecule has 0 bridgehead atoms. The average Bonchev–Trinajstić information content (AvgIpc) is 3.26. The van der Waals surface area contributed by atoms with E-state index in [1.54, 1.807) is 12.3 Å². The van der Waals surface area contributed by atoms with Crippen molar-refractivity contribution < 1.29 is 15.0 Å². The highest BCUT2D eigenvalue weighted by Crippen LogP contribution is 2.32. The average molecular weight is 380 g/mol. The second-order valence-corrected chi connectivity index (χ2v) is 6.55. The lowest BCUT2D eigenvalue weighted by molar-refractivity contribution is 0.0879. The normalized spacial score (nSPS) is 11.1. The molecule has 4 rings (SSSR count). The number of hydrogen-bond acceptors (Lipinski definition) is 4. The molecule has 4 N–H and O–H groups in total. The Kier molecular flexibility index (Phi) is 5.48. The molecule has 146 valence electrons. The van der Waals surface area contributed by atoms with Crippen LogP contribution in [-0.4, -0.2) is 49.9 Å². The van der Waals surface area contributed by atoms with Crippen molar-refractivity contribution in [3.63, 3.8) is 0 Å². The molecule has 0 saturated heterocycles. The second-order valence-electron chi connectivity index (χ2n) is 6.55. The maximum Gasteiger partial charge on any atom is 0.251 e. The van der Waals surface area contributed by atoms with Crippen LogP contribution in [0, 0.1) is 0 Å². The maximum atomic E-state index is 12.5. The van der Waals surface area contributed by atoms with E-state index < -0.39 is 6.04 Å². The van der Waals surface area contributed by atoms with Gasteiger partial charge in [0.25, 0.3) is 5.91 Å². The lowest BCUT2D eigenvalue weighted by Gasteiger charge is -2.13. The lowest BCUT2D eigenvalue weighted by Crippen LogP contribution is -2.40. The van der Waals surface area contributed by atoms with Crippen LogP contribution in [-0.2, 0) is 7.05 Å². The van der Waals surface area contributed by atoms with Crippen LogP contribution in [0.4, 0.5) is 0 Å². The van der Waals surface area contributed by atoms with Crippen molar-refractivity contribution in [1.82, 2.24) is 19.9 Å². The van der Waals surface area contributed by atoms with E-state index in [4.69, 9.17) is 0 Å². The Labute approximate surface area is 162 Å². The van der Waals surface area contributed by atoms with E-state index in [0.29, 0.717) is 5.56 Å². The molecule has 1 amide bonds. The summed E-state index contributed by atoms with van der Waals surface area (Å²) in [7, 11) is 1.96. The van der Waals surface area contributed by atoms with E-state index in [1.807, 2.05) is 48.1 Å². The van der Waals surface area contributed by atoms with Crippen LogP contribution in [0.5, 0.6) is 0 Å². The summed E-state index contributed by atoms with van der Waals surface area (Å²) in [5.74, 6) is -0.335. The van der Waals surface area contributed by atoms with Gasteiger partial charge in [0.1, 0.15) is 5.65 Å². The van der Waals surface area contributed by atoms with Crippen LogP contribution in [0.25, 0.3) is 33.2 Å². The summed E-state index contributed by atoms with van der Waals surface area (Å²) < 4.78 is 2.01. The zero-order valence-electron chi connectivity index (χ0n) is 14.8. The molecule has 0 saturated carbocycles. The van der Waals surface area contributed by atoms with Crippen LogP contribution < -0.4 is 5.32 Å². The Morgan fingerprint density at radius 2 is 2.04 bits per heavy atom. The lowest BCUT2D eigenvalue weighted by atomic mass is 10.1. The molecular formula is C21H24N4O3. The van der Waals surface area contributed by atoms with Crippen molar-refractivity contribution in [3.05, 3.63) is 54.4 Å². The molecule has 3 heterocycles. The molecular weight excluding hydrogens is 356 g/mol. The fraction of sp³-hybridized carbons (Fsp3) is 0.238. The molecule has 7 heteroatoms. The number of aliphatic hydroxyl groups excluding tert-OH is 2. The molecule has 0 aliphatic rings. The van der Waals surface area contributed by atoms with Crippen LogP contribution in [0.1, 0.15) is 17.8 Å². The van der Waals surface area contributed by atoms with Crippen molar-refractivity contribution in [2.45, 2.75) is 13.5 Å². The van der Waals surface area contributed by atoms with E-state index in [1.165, 1.54) is 0 Å². The third kappa shape index (κ3) is 3.37. The number of rotatable bonds is 5. The number of carbonyl (C=O) groups is 1. The number of nitrogens with zero attached hydrogens (tertiary/aromatic N) is 2. The Hall–Kier alpha value is -3.16. The summed E-state index contributed by atoms with van der Waals surface area (Å²) in [6.45, 7) is -0.633. The first-order chi connectivity index (χ1) is 13.1. The van der Waals surface area contributed by atoms with E-state index in [9.17, 15) is 15.0 Å². The zero-order chi connectivity index (χ0) is 19.0. The quantitative estimate of drug-likeness (QED) is 0.427. The molecule has 7 nitrogen and oxygen atoms in total. The maximum absolute atomic E-state index is 12.5. The number of H-pyrrole nitrogens is 1. The van der Waals surface area contributed by atoms with E-state index in [2.05, 4.69) is 15.3 Å². The predicted molar refractivity (Wildman–Crippen MR) is 110 cm³/mol. The molecule has 0 aliphatic carbocycles. The minimum Gasteiger partial charge on any atom is -0.394 e. The summed E-state index contributed by atoms with van der Waals surface area (Å²) in [5, 5.41) is 22.9. The Balaban J connectivity index is 0.00000225. The first-order valence-electron chi connectivity index (χ1n) is 8.66. The number of fused-ring (bicyclic) bond motifs is 2. The highest BCUT2D eigenvalue weighted by Gasteiger charge is 2.16. The van der Waals surface area contributed by atoms with E-state index in [0.717, 1.165) is 33.2 Å². The van der Waals surface area contributed by atoms with Crippen LogP contribution in [0.3, 0.4) is 0 Å². The molecule has 0 atom stereocenters. The predicted octanol–water partition coefficient (Wildman–Crippen LogP) is 2.44. The minimum absolute atomic E-state index is 0. The molecule has 0 aliphatic heterocycles. The summed E-state index contributed by atoms with van der Waals surface area (Å²) >= 11 is 0. The van der Waals surface area contributed by atoms with Gasteiger partial charge >= 0.3 is 0 Å². The number of aromatic nitrogens is 3. The molecule has 0 fully saturated rings. The molecule has 4 aromatic rings. The van der Waals surface area contributed by atoms with Gasteiger partial charge < -0.3 is 25.1 Å². The zero-order valence-corrected chi connectivity index (χ0v) is 14.8. The molecule has 0 radical (unpaired) electrons. The Morgan fingerprint density at radius 3 is 2.75 bits per heavy atom. The Morgan fingerprint density at radius 1 is 1.25 bits per heavy atom. The van der Waals surface area contributed by atoms with Gasteiger partial charge in [0.15, 0.2) is 0 Å². The third-order valence-corrected chi connectivity index (χ3v) is 4.71. The van der Waals surface area contributed by atoms with Crippen LogP contribution >= 0.6 is 0 Å². The molecule has 1 aromatic carbocycles. The van der Waals surface area contributed by atoms with Crippen LogP contribution in [0.15, 0.2) is 48.8 Å². The first-order valence-corrected chi connectivity index (χ1v) is 8.66. The van der Waals surface area contributed by atoms with Crippen molar-refractivity contribution in [3.8, 4) is 11.3 Å². The summed E-state index contributed by atoms with van der Waals surface area (Å²) in [5.41, 5.74) is 4.17. The molecule has 28 heavy (non-hydrogen) atoms. The molecule has 3 aromatic heterocycles. The number of aromatic amines is 1. The van der Waals surface area contributed by atoms with Gasteiger partial charge in [-0.05, 0) is 36.4 Å². The topological polar surface area (TPSA) is 103 Å². The minimum atomic E-state index is -0.678. The number of aliphatic hydroxyl groups is 2. The number of carbonyl (C=O) groups excluding carboxylic acids is 1. The third-order valence-electron chi connectivity index (χ3n) is 4.71. The van der Waals surface area contributed by atoms with Gasteiger partial charge in [0, 0.05) is 52.6 Å². The highest BCUT2D eigenvalue weighted by molar-refractivity contribution is 6.03. The fourth-order valence-corrected chi connectivity index (χ4v) is 3.27. The number of amides is 1. The van der Waals surface area contributed by atoms with Crippen molar-refractivity contribution in [2.75, 3.05) is 13.2 Å². The molecule has 0 spiro atoms. The summed E-state index contributed by atoms with van der Waals surface area (Å²) in [6, 6.07) is 10.7. The smallest absolute Gasteiger partial charge is 0.251 e. The Bertz CT molecular complexity index is 1090. The fourth-order valence-electron chi connectivity index (χ4n) is 3.27. The van der Waals surface area contributed by atoms with E-state index in [-0.39, 0.29) is 26.5 Å². The van der Waals surface area contributed by atoms with Crippen molar-refractivity contribution in [2.24, 2.45) is 7.05 Å². The van der Waals surface area contributed by atoms with Gasteiger partial charge in [0.2, 0.25) is 0 Å². The van der Waals surface area contributed by atoms with Gasteiger partial charge in [0.05, 0.1) is 19.3 Å². The standard InChI is InChI=1S/C20H20N4O3.CH4/c1-24-9-16(17-8-12-3-2-6-21-19(12)23-17)15-7-13(4-5-18(15)24)20(27)22-14(10-25)11-26;/h2-9,14,25-26H,10-11H2,1H3,(H,21,23)(H,22,27);1H4. The summed E-state index contributed by atoms with van der Waals surface area (Å²) in [4.78, 5) is 20.1. The van der Waals surface area contributed by atoms with Gasteiger partial charge in [-0.25, -0.2) is 4.98 Å². The number of pyridine rings is 1. The number of benzene rings is 1. The SMILES string of the molecule is C.Cn1cc(-c2cc3cccnc3[nH]2)c2cc(C(=O)NC(CO)CO)ccc21. The number of nitrogens with one attached hydrogen (secondary N) is 2. The number of aryl methyl sites for hydroxylation is 1. The van der Waals surface area contributed by atoms with Crippen molar-refractivity contribution >= 4 is 27.8 Å². The largest absolute Gasteiger partial charge is 0.394 e. The first kappa shape index (κ1) is 19.6. The molecule has 0 unspecified atom stereocenters. The van der Waals surface area contributed by atoms with E-state index >= 15 is 0 Å². The van der Waals surface area contributed by atoms with Gasteiger partial charge in [-0.1, -0.05) is 7.43 Å². The summed E-state index contributed by atoms with van der Waals surface area (Å²) in [6.07, 6.45) is 3.76. The number of hydrogen-bond donors (Lipinski definition) is 4. The van der Waals surface area contributed by atoms with Crippen LogP contribution in [0.2, 0.25) is 0 Å². The van der Waals surface area contributed by atoms with Crippen molar-refractivity contribution in [1.29, 1.82) is 0 Å². The second kappa shape index (κ2) is 7.84. The van der Waals surface area contributed by atoms with Gasteiger partial charge in [-0.15, -0.1) is 0 Å².